The fourth-order valence-corrected chi connectivity index (χ4v) is 6.47. The summed E-state index contributed by atoms with van der Waals surface area (Å²) < 4.78 is 25.8. The maximum absolute atomic E-state index is 14.5. The SMILES string of the molecule is COc1cc(C#N)c(O[C@H]2CC[C@@](F)(C(=O)O)CC2)cc1C(=O)N[C@@H]1[C@H]2CC[C@H](C2)[C@@H]1C(=O)NC1(C#N)CC1. The molecule has 0 aromatic heterocycles. The molecule has 4 aliphatic rings. The second-order valence-electron chi connectivity index (χ2n) is 11.3. The average molecular weight is 539 g/mol. The summed E-state index contributed by atoms with van der Waals surface area (Å²) in [6.07, 6.45) is 3.24. The number of nitrogens with zero attached hydrogens (tertiary/aromatic N) is 2. The number of alkyl halides is 1. The largest absolute Gasteiger partial charge is 0.496 e. The van der Waals surface area contributed by atoms with Gasteiger partial charge < -0.3 is 25.2 Å². The van der Waals surface area contributed by atoms with Gasteiger partial charge in [0.15, 0.2) is 0 Å². The minimum atomic E-state index is -2.29. The topological polar surface area (TPSA) is 162 Å². The average Bonchev–Trinajstić information content (AvgIpc) is 3.39. The van der Waals surface area contributed by atoms with Crippen molar-refractivity contribution in [1.29, 1.82) is 10.5 Å². The summed E-state index contributed by atoms with van der Waals surface area (Å²) >= 11 is 0. The molecule has 0 saturated heterocycles. The van der Waals surface area contributed by atoms with Gasteiger partial charge in [0.25, 0.3) is 5.91 Å². The Morgan fingerprint density at radius 1 is 1.05 bits per heavy atom. The van der Waals surface area contributed by atoms with Gasteiger partial charge >= 0.3 is 5.97 Å². The molecule has 0 spiro atoms. The van der Waals surface area contributed by atoms with E-state index < -0.39 is 41.1 Å². The highest BCUT2D eigenvalue weighted by Gasteiger charge is 2.54. The molecular formula is C28H31FN4O6. The molecule has 39 heavy (non-hydrogen) atoms. The number of carboxylic acid groups (broad SMARTS) is 1. The molecular weight excluding hydrogens is 507 g/mol. The number of hydrogen-bond donors (Lipinski definition) is 3. The molecule has 1 aromatic rings. The third-order valence-electron chi connectivity index (χ3n) is 8.91. The van der Waals surface area contributed by atoms with Crippen LogP contribution in [0.5, 0.6) is 11.5 Å². The van der Waals surface area contributed by atoms with Crippen LogP contribution in [0.4, 0.5) is 4.39 Å². The number of carbonyl (C=O) groups excluding carboxylic acids is 2. The number of nitrogens with one attached hydrogen (secondary N) is 2. The lowest BCUT2D eigenvalue weighted by molar-refractivity contribution is -0.154. The number of halogens is 1. The van der Waals surface area contributed by atoms with E-state index in [-0.39, 0.29) is 66.1 Å². The molecule has 0 radical (unpaired) electrons. The number of methoxy groups -OCH3 is 1. The molecule has 206 valence electrons. The van der Waals surface area contributed by atoms with E-state index in [1.165, 1.54) is 19.2 Å². The van der Waals surface area contributed by atoms with Crippen LogP contribution in [0.1, 0.15) is 73.7 Å². The van der Waals surface area contributed by atoms with E-state index in [0.29, 0.717) is 12.8 Å². The molecule has 4 saturated carbocycles. The van der Waals surface area contributed by atoms with Crippen molar-refractivity contribution >= 4 is 17.8 Å². The number of ether oxygens (including phenoxy) is 2. The van der Waals surface area contributed by atoms with E-state index in [4.69, 9.17) is 14.6 Å². The lowest BCUT2D eigenvalue weighted by Crippen LogP contribution is -2.52. The molecule has 1 aromatic carbocycles. The summed E-state index contributed by atoms with van der Waals surface area (Å²) in [6, 6.07) is 6.62. The second kappa shape index (κ2) is 10.0. The van der Waals surface area contributed by atoms with Crippen molar-refractivity contribution in [1.82, 2.24) is 10.6 Å². The van der Waals surface area contributed by atoms with Crippen molar-refractivity contribution in [2.24, 2.45) is 17.8 Å². The maximum atomic E-state index is 14.5. The van der Waals surface area contributed by atoms with Gasteiger partial charge in [-0.1, -0.05) is 0 Å². The van der Waals surface area contributed by atoms with Crippen molar-refractivity contribution < 1.29 is 33.4 Å². The van der Waals surface area contributed by atoms with Gasteiger partial charge in [0.05, 0.1) is 36.3 Å². The third-order valence-corrected chi connectivity index (χ3v) is 8.91. The molecule has 3 N–H and O–H groups in total. The predicted molar refractivity (Wildman–Crippen MR) is 133 cm³/mol. The molecule has 5 rings (SSSR count). The summed E-state index contributed by atoms with van der Waals surface area (Å²) in [5.41, 5.74) is -2.83. The third kappa shape index (κ3) is 4.98. The summed E-state index contributed by atoms with van der Waals surface area (Å²) in [7, 11) is 1.38. The van der Waals surface area contributed by atoms with Gasteiger partial charge in [0.2, 0.25) is 11.6 Å². The normalized spacial score (nSPS) is 31.8. The Kier molecular flexibility index (Phi) is 6.88. The fraction of sp³-hybridized carbons (Fsp3) is 0.607. The Labute approximate surface area is 225 Å². The van der Waals surface area contributed by atoms with Crippen LogP contribution in [0.2, 0.25) is 0 Å². The van der Waals surface area contributed by atoms with Crippen LogP contribution >= 0.6 is 0 Å². The standard InChI is InChI=1S/C28H31FN4O6/c1-38-21-11-17(13-30)20(39-18-4-6-28(29,7-5-18)26(36)37)12-19(21)24(34)32-23-16-3-2-15(10-16)22(23)25(35)33-27(14-31)8-9-27/h11-12,15-16,18,22-23H,2-10H2,1H3,(H,32,34)(H,33,35)(H,36,37)/t15-,16+,18-,22+,23-,28-/m1/s1. The maximum Gasteiger partial charge on any atom is 0.341 e. The number of aliphatic carboxylic acids is 1. The molecule has 4 fully saturated rings. The zero-order valence-electron chi connectivity index (χ0n) is 21.7. The Bertz CT molecular complexity index is 1270. The van der Waals surface area contributed by atoms with Crippen molar-refractivity contribution in [3.05, 3.63) is 23.3 Å². The van der Waals surface area contributed by atoms with Crippen LogP contribution < -0.4 is 20.1 Å². The van der Waals surface area contributed by atoms with Gasteiger partial charge in [-0.2, -0.15) is 10.5 Å². The van der Waals surface area contributed by atoms with E-state index in [2.05, 4.69) is 16.7 Å². The number of hydrogen-bond acceptors (Lipinski definition) is 7. The minimum absolute atomic E-state index is 0.127. The van der Waals surface area contributed by atoms with E-state index in [0.717, 1.165) is 19.3 Å². The number of nitriles is 2. The predicted octanol–water partition coefficient (Wildman–Crippen LogP) is 3.00. The minimum Gasteiger partial charge on any atom is -0.496 e. The van der Waals surface area contributed by atoms with Crippen LogP contribution in [-0.2, 0) is 9.59 Å². The summed E-state index contributed by atoms with van der Waals surface area (Å²) in [5, 5.41) is 34.1. The second-order valence-corrected chi connectivity index (χ2v) is 11.3. The first-order valence-electron chi connectivity index (χ1n) is 13.4. The number of fused-ring (bicyclic) bond motifs is 2. The van der Waals surface area contributed by atoms with Crippen LogP contribution in [0, 0.1) is 40.4 Å². The van der Waals surface area contributed by atoms with Gasteiger partial charge in [-0.15, -0.1) is 0 Å². The van der Waals surface area contributed by atoms with Gasteiger partial charge in [-0.05, 0) is 75.7 Å². The van der Waals surface area contributed by atoms with E-state index in [1.54, 1.807) is 0 Å². The Morgan fingerprint density at radius 3 is 2.33 bits per heavy atom. The first-order chi connectivity index (χ1) is 18.6. The van der Waals surface area contributed by atoms with Gasteiger partial charge in [0, 0.05) is 12.1 Å². The van der Waals surface area contributed by atoms with Crippen molar-refractivity contribution in [3.8, 4) is 23.6 Å². The lowest BCUT2D eigenvalue weighted by Gasteiger charge is -2.32. The highest BCUT2D eigenvalue weighted by atomic mass is 19.1. The quantitative estimate of drug-likeness (QED) is 0.455. The van der Waals surface area contributed by atoms with E-state index in [1.807, 2.05) is 6.07 Å². The van der Waals surface area contributed by atoms with Gasteiger partial charge in [-0.25, -0.2) is 9.18 Å². The number of amides is 2. The highest BCUT2D eigenvalue weighted by Crippen LogP contribution is 2.49. The summed E-state index contributed by atoms with van der Waals surface area (Å²) in [4.78, 5) is 38.0. The molecule has 0 aliphatic heterocycles. The number of benzene rings is 1. The first kappa shape index (κ1) is 26.7. The van der Waals surface area contributed by atoms with Gasteiger partial charge in [0.1, 0.15) is 23.1 Å². The van der Waals surface area contributed by atoms with Crippen molar-refractivity contribution in [2.45, 2.75) is 81.1 Å². The summed E-state index contributed by atoms with van der Waals surface area (Å²) in [5.74, 6) is -2.03. The smallest absolute Gasteiger partial charge is 0.341 e. The zero-order chi connectivity index (χ0) is 27.9. The molecule has 0 heterocycles. The van der Waals surface area contributed by atoms with E-state index >= 15 is 0 Å². The molecule has 2 bridgehead atoms. The van der Waals surface area contributed by atoms with Crippen LogP contribution in [0.3, 0.4) is 0 Å². The van der Waals surface area contributed by atoms with Gasteiger partial charge in [-0.3, -0.25) is 9.59 Å². The van der Waals surface area contributed by atoms with Crippen LogP contribution in [0.25, 0.3) is 0 Å². The first-order valence-corrected chi connectivity index (χ1v) is 13.4. The van der Waals surface area contributed by atoms with Crippen LogP contribution in [0.15, 0.2) is 12.1 Å². The Balaban J connectivity index is 1.34. The Morgan fingerprint density at radius 2 is 1.74 bits per heavy atom. The Hall–Kier alpha value is -3.86. The summed E-state index contributed by atoms with van der Waals surface area (Å²) in [6.45, 7) is 0. The van der Waals surface area contributed by atoms with E-state index in [9.17, 15) is 29.3 Å². The highest BCUT2D eigenvalue weighted by molar-refractivity contribution is 5.98. The molecule has 11 heteroatoms. The molecule has 10 nitrogen and oxygen atoms in total. The fourth-order valence-electron chi connectivity index (χ4n) is 6.47. The molecule has 2 amide bonds. The molecule has 0 unspecified atom stereocenters. The number of rotatable bonds is 8. The number of carbonyl (C=O) groups is 3. The lowest BCUT2D eigenvalue weighted by atomic mass is 9.83. The molecule has 4 aliphatic carbocycles. The zero-order valence-corrected chi connectivity index (χ0v) is 21.7. The van der Waals surface area contributed by atoms with Crippen molar-refractivity contribution in [3.63, 3.8) is 0 Å². The van der Waals surface area contributed by atoms with Crippen molar-refractivity contribution in [2.75, 3.05) is 7.11 Å². The molecule has 4 atom stereocenters. The monoisotopic (exact) mass is 538 g/mol. The number of carboxylic acids is 1. The van der Waals surface area contributed by atoms with Crippen LogP contribution in [-0.4, -0.2) is 53.4 Å².